The van der Waals surface area contributed by atoms with Crippen molar-refractivity contribution in [3.05, 3.63) is 46.8 Å². The zero-order valence-corrected chi connectivity index (χ0v) is 14.7. The van der Waals surface area contributed by atoms with E-state index in [1.165, 1.54) is 32.6 Å². The highest BCUT2D eigenvalue weighted by molar-refractivity contribution is 6.06. The minimum atomic E-state index is -0.423. The molecule has 0 saturated heterocycles. The van der Waals surface area contributed by atoms with E-state index >= 15 is 0 Å². The van der Waals surface area contributed by atoms with E-state index in [2.05, 4.69) is 5.32 Å². The summed E-state index contributed by atoms with van der Waals surface area (Å²) in [5.41, 5.74) is 0.666. The van der Waals surface area contributed by atoms with Crippen LogP contribution in [0.15, 0.2) is 45.6 Å². The number of nitrogens with one attached hydrogen (secondary N) is 1. The molecule has 1 amide bonds. The lowest BCUT2D eigenvalue weighted by molar-refractivity contribution is -0.114. The molecule has 1 heterocycles. The van der Waals surface area contributed by atoms with Crippen LogP contribution in [-0.4, -0.2) is 12.5 Å². The Morgan fingerprint density at radius 2 is 1.88 bits per heavy atom. The number of fused-ring (bicyclic) bond motifs is 3. The Morgan fingerprint density at radius 1 is 1.12 bits per heavy atom. The summed E-state index contributed by atoms with van der Waals surface area (Å²) in [6.45, 7) is 2.14. The first-order chi connectivity index (χ1) is 12.6. The highest BCUT2D eigenvalue weighted by Crippen LogP contribution is 2.29. The van der Waals surface area contributed by atoms with E-state index in [0.717, 1.165) is 16.5 Å². The molecule has 0 spiro atoms. The van der Waals surface area contributed by atoms with E-state index in [-0.39, 0.29) is 5.91 Å². The van der Waals surface area contributed by atoms with Gasteiger partial charge in [-0.05, 0) is 43.0 Å². The molecule has 134 valence electrons. The Bertz CT molecular complexity index is 1030. The van der Waals surface area contributed by atoms with Crippen molar-refractivity contribution in [1.29, 1.82) is 0 Å². The molecular formula is C21H21NO4. The molecule has 5 nitrogen and oxygen atoms in total. The molecule has 1 fully saturated rings. The summed E-state index contributed by atoms with van der Waals surface area (Å²) in [6.07, 6.45) is 5.02. The van der Waals surface area contributed by atoms with Gasteiger partial charge in [0.05, 0.1) is 12.0 Å². The highest BCUT2D eigenvalue weighted by Gasteiger charge is 2.16. The molecule has 0 bridgehead atoms. The average molecular weight is 351 g/mol. The molecule has 1 aliphatic carbocycles. The third kappa shape index (κ3) is 3.29. The lowest BCUT2D eigenvalue weighted by Crippen LogP contribution is -2.08. The van der Waals surface area contributed by atoms with Gasteiger partial charge in [-0.15, -0.1) is 0 Å². The Hall–Kier alpha value is -2.82. The summed E-state index contributed by atoms with van der Waals surface area (Å²) in [5, 5.41) is 4.78. The molecule has 0 radical (unpaired) electrons. The number of benzene rings is 2. The molecule has 1 aromatic heterocycles. The van der Waals surface area contributed by atoms with Crippen LogP contribution in [0.4, 0.5) is 5.69 Å². The average Bonchev–Trinajstić information content (AvgIpc) is 3.13. The summed E-state index contributed by atoms with van der Waals surface area (Å²) in [5.74, 6) is 1.17. The molecule has 3 aromatic rings. The lowest BCUT2D eigenvalue weighted by Gasteiger charge is -2.12. The van der Waals surface area contributed by atoms with Gasteiger partial charge in [0, 0.05) is 29.4 Å². The number of rotatable bonds is 4. The van der Waals surface area contributed by atoms with E-state index < -0.39 is 5.63 Å². The first-order valence-corrected chi connectivity index (χ1v) is 9.01. The van der Waals surface area contributed by atoms with Gasteiger partial charge in [-0.3, -0.25) is 4.79 Å². The molecule has 0 unspecified atom stereocenters. The monoisotopic (exact) mass is 351 g/mol. The lowest BCUT2D eigenvalue weighted by atomic mass is 10.1. The van der Waals surface area contributed by atoms with Crippen LogP contribution in [0.2, 0.25) is 0 Å². The van der Waals surface area contributed by atoms with Crippen LogP contribution in [0.5, 0.6) is 5.75 Å². The first kappa shape index (κ1) is 16.6. The van der Waals surface area contributed by atoms with E-state index in [1.807, 2.05) is 18.2 Å². The predicted molar refractivity (Wildman–Crippen MR) is 102 cm³/mol. The standard InChI is InChI=1S/C21H21NO4/c1-13(23)22-15-6-8-17-18-9-7-16(25-12-14-4-2-3-5-14)11-20(18)26-21(24)19(17)10-15/h6-11,14H,2-5,12H2,1H3,(H,22,23). The first-order valence-electron chi connectivity index (χ1n) is 9.01. The van der Waals surface area contributed by atoms with E-state index in [9.17, 15) is 9.59 Å². The van der Waals surface area contributed by atoms with Crippen molar-refractivity contribution in [1.82, 2.24) is 0 Å². The second-order valence-corrected chi connectivity index (χ2v) is 6.95. The molecule has 1 saturated carbocycles. The number of carbonyl (C=O) groups is 1. The van der Waals surface area contributed by atoms with Crippen molar-refractivity contribution in [2.75, 3.05) is 11.9 Å². The number of ether oxygens (including phenoxy) is 1. The van der Waals surface area contributed by atoms with Gasteiger partial charge in [0.25, 0.3) is 0 Å². The molecule has 2 aromatic carbocycles. The molecule has 5 heteroatoms. The predicted octanol–water partition coefficient (Wildman–Crippen LogP) is 4.47. The maximum Gasteiger partial charge on any atom is 0.344 e. The Labute approximate surface area is 150 Å². The molecule has 26 heavy (non-hydrogen) atoms. The smallest absolute Gasteiger partial charge is 0.344 e. The number of anilines is 1. The maximum absolute atomic E-state index is 12.4. The van der Waals surface area contributed by atoms with Crippen molar-refractivity contribution >= 4 is 33.3 Å². The van der Waals surface area contributed by atoms with Crippen LogP contribution in [0, 0.1) is 5.92 Å². The van der Waals surface area contributed by atoms with E-state index in [1.54, 1.807) is 18.2 Å². The van der Waals surface area contributed by atoms with Crippen LogP contribution < -0.4 is 15.7 Å². The van der Waals surface area contributed by atoms with Crippen LogP contribution in [-0.2, 0) is 4.79 Å². The third-order valence-corrected chi connectivity index (χ3v) is 4.97. The van der Waals surface area contributed by atoms with Gasteiger partial charge in [0.15, 0.2) is 0 Å². The summed E-state index contributed by atoms with van der Waals surface area (Å²) >= 11 is 0. The van der Waals surface area contributed by atoms with Crippen molar-refractivity contribution in [3.8, 4) is 5.75 Å². The fourth-order valence-electron chi connectivity index (χ4n) is 3.67. The highest BCUT2D eigenvalue weighted by atomic mass is 16.5. The minimum absolute atomic E-state index is 0.182. The van der Waals surface area contributed by atoms with E-state index in [0.29, 0.717) is 29.2 Å². The quantitative estimate of drug-likeness (QED) is 0.556. The van der Waals surface area contributed by atoms with E-state index in [4.69, 9.17) is 9.15 Å². The number of hydrogen-bond donors (Lipinski definition) is 1. The van der Waals surface area contributed by atoms with Crippen LogP contribution in [0.3, 0.4) is 0 Å². The largest absolute Gasteiger partial charge is 0.493 e. The number of amides is 1. The SMILES string of the molecule is CC(=O)Nc1ccc2c(c1)c(=O)oc1cc(OCC3CCCC3)ccc12. The summed E-state index contributed by atoms with van der Waals surface area (Å²) in [6, 6.07) is 10.9. The molecule has 1 N–H and O–H groups in total. The minimum Gasteiger partial charge on any atom is -0.493 e. The summed E-state index contributed by atoms with van der Waals surface area (Å²) in [4.78, 5) is 23.6. The molecule has 4 rings (SSSR count). The van der Waals surface area contributed by atoms with Gasteiger partial charge in [-0.2, -0.15) is 0 Å². The van der Waals surface area contributed by atoms with Crippen LogP contribution in [0.25, 0.3) is 21.7 Å². The van der Waals surface area contributed by atoms with Crippen molar-refractivity contribution in [2.24, 2.45) is 5.92 Å². The zero-order valence-electron chi connectivity index (χ0n) is 14.7. The topological polar surface area (TPSA) is 68.5 Å². The summed E-state index contributed by atoms with van der Waals surface area (Å²) < 4.78 is 11.4. The van der Waals surface area contributed by atoms with Crippen molar-refractivity contribution in [2.45, 2.75) is 32.6 Å². The van der Waals surface area contributed by atoms with Crippen molar-refractivity contribution in [3.63, 3.8) is 0 Å². The Kier molecular flexibility index (Phi) is 4.37. The van der Waals surface area contributed by atoms with Gasteiger partial charge >= 0.3 is 5.63 Å². The Balaban J connectivity index is 1.69. The second-order valence-electron chi connectivity index (χ2n) is 6.95. The molecule has 1 aliphatic rings. The van der Waals surface area contributed by atoms with Crippen LogP contribution >= 0.6 is 0 Å². The zero-order chi connectivity index (χ0) is 18.1. The van der Waals surface area contributed by atoms with Crippen LogP contribution in [0.1, 0.15) is 32.6 Å². The fourth-order valence-corrected chi connectivity index (χ4v) is 3.67. The maximum atomic E-state index is 12.4. The van der Waals surface area contributed by atoms with Gasteiger partial charge in [-0.25, -0.2) is 4.79 Å². The van der Waals surface area contributed by atoms with Gasteiger partial charge in [0.1, 0.15) is 11.3 Å². The fraction of sp³-hybridized carbons (Fsp3) is 0.333. The normalized spacial score (nSPS) is 14.8. The van der Waals surface area contributed by atoms with Crippen molar-refractivity contribution < 1.29 is 13.9 Å². The molecule has 0 aliphatic heterocycles. The second kappa shape index (κ2) is 6.83. The molecule has 0 atom stereocenters. The Morgan fingerprint density at radius 3 is 2.65 bits per heavy atom. The third-order valence-electron chi connectivity index (χ3n) is 4.97. The summed E-state index contributed by atoms with van der Waals surface area (Å²) in [7, 11) is 0. The number of hydrogen-bond acceptors (Lipinski definition) is 4. The van der Waals surface area contributed by atoms with Gasteiger partial charge < -0.3 is 14.5 Å². The van der Waals surface area contributed by atoms with Gasteiger partial charge in [0.2, 0.25) is 5.91 Å². The molecular weight excluding hydrogens is 330 g/mol. The van der Waals surface area contributed by atoms with Gasteiger partial charge in [-0.1, -0.05) is 18.9 Å². The number of carbonyl (C=O) groups excluding carboxylic acids is 1.